The van der Waals surface area contributed by atoms with Crippen LogP contribution in [-0.4, -0.2) is 35.7 Å². The Balaban J connectivity index is 1.75. The van der Waals surface area contributed by atoms with E-state index in [0.717, 1.165) is 54.9 Å². The Morgan fingerprint density at radius 1 is 1.38 bits per heavy atom. The molecule has 1 unspecified atom stereocenters. The summed E-state index contributed by atoms with van der Waals surface area (Å²) < 4.78 is 5.76. The Hall–Kier alpha value is -1.65. The Kier molecular flexibility index (Phi) is 4.36. The zero-order valence-electron chi connectivity index (χ0n) is 12.6. The number of anilines is 1. The maximum absolute atomic E-state index is 6.15. The van der Waals surface area contributed by atoms with Crippen LogP contribution in [0.3, 0.4) is 0 Å². The van der Waals surface area contributed by atoms with Crippen LogP contribution in [0, 0.1) is 0 Å². The van der Waals surface area contributed by atoms with E-state index >= 15 is 0 Å². The number of fused-ring (bicyclic) bond motifs is 1. The molecule has 1 fully saturated rings. The molecule has 1 atom stereocenters. The third-order valence-electron chi connectivity index (χ3n) is 4.05. The van der Waals surface area contributed by atoms with Gasteiger partial charge in [-0.3, -0.25) is 9.88 Å². The molecule has 2 aromatic rings. The molecule has 2 heterocycles. The summed E-state index contributed by atoms with van der Waals surface area (Å²) in [6.07, 6.45) is 2.72. The quantitative estimate of drug-likeness (QED) is 0.938. The van der Waals surface area contributed by atoms with Crippen molar-refractivity contribution in [2.45, 2.75) is 32.4 Å². The van der Waals surface area contributed by atoms with Gasteiger partial charge in [0.15, 0.2) is 0 Å². The first-order valence-electron chi connectivity index (χ1n) is 7.74. The van der Waals surface area contributed by atoms with Gasteiger partial charge in [-0.05, 0) is 38.4 Å². The highest BCUT2D eigenvalue weighted by Gasteiger charge is 2.20. The molecule has 0 radical (unpaired) electrons. The number of ether oxygens (including phenoxy) is 1. The van der Waals surface area contributed by atoms with Crippen LogP contribution in [-0.2, 0) is 11.3 Å². The van der Waals surface area contributed by atoms with Crippen molar-refractivity contribution in [1.82, 2.24) is 9.88 Å². The van der Waals surface area contributed by atoms with Gasteiger partial charge in [0, 0.05) is 30.8 Å². The van der Waals surface area contributed by atoms with Crippen molar-refractivity contribution in [2.24, 2.45) is 0 Å². The lowest BCUT2D eigenvalue weighted by Crippen LogP contribution is -2.39. The molecule has 0 spiro atoms. The molecule has 4 nitrogen and oxygen atoms in total. The van der Waals surface area contributed by atoms with Crippen LogP contribution < -0.4 is 5.73 Å². The second-order valence-electron chi connectivity index (χ2n) is 5.67. The minimum absolute atomic E-state index is 0.363. The third kappa shape index (κ3) is 3.34. The van der Waals surface area contributed by atoms with Crippen LogP contribution in [0.4, 0.5) is 5.69 Å². The first-order chi connectivity index (χ1) is 10.3. The smallest absolute Gasteiger partial charge is 0.0726 e. The molecule has 1 aliphatic rings. The number of hydrogen-bond donors (Lipinski definition) is 1. The van der Waals surface area contributed by atoms with Crippen molar-refractivity contribution in [1.29, 1.82) is 0 Å². The summed E-state index contributed by atoms with van der Waals surface area (Å²) in [5.74, 6) is 0. The molecular weight excluding hydrogens is 262 g/mol. The molecule has 1 saturated heterocycles. The predicted molar refractivity (Wildman–Crippen MR) is 86.1 cm³/mol. The fourth-order valence-electron chi connectivity index (χ4n) is 3.10. The summed E-state index contributed by atoms with van der Waals surface area (Å²) in [5, 5.41) is 1.03. The lowest BCUT2D eigenvalue weighted by atomic mass is 10.1. The number of nitrogens with zero attached hydrogens (tertiary/aromatic N) is 2. The summed E-state index contributed by atoms with van der Waals surface area (Å²) in [6, 6.07) is 10.1. The standard InChI is InChI=1S/C17H23N3O/c1-2-21-14-6-5-9-20(12-14)11-13-10-16(18)15-7-3-4-8-17(15)19-13/h3-4,7-8,10,14H,2,5-6,9,11-12H2,1H3,(H2,18,19). The second-order valence-corrected chi connectivity index (χ2v) is 5.67. The highest BCUT2D eigenvalue weighted by molar-refractivity contribution is 5.90. The summed E-state index contributed by atoms with van der Waals surface area (Å²) in [7, 11) is 0. The maximum Gasteiger partial charge on any atom is 0.0726 e. The molecule has 1 aliphatic heterocycles. The summed E-state index contributed by atoms with van der Waals surface area (Å²) in [6.45, 7) is 5.79. The second kappa shape index (κ2) is 6.41. The number of hydrogen-bond acceptors (Lipinski definition) is 4. The van der Waals surface area contributed by atoms with Crippen LogP contribution in [0.2, 0.25) is 0 Å². The lowest BCUT2D eigenvalue weighted by molar-refractivity contribution is 0.00335. The summed E-state index contributed by atoms with van der Waals surface area (Å²) >= 11 is 0. The minimum Gasteiger partial charge on any atom is -0.398 e. The first kappa shape index (κ1) is 14.3. The van der Waals surface area contributed by atoms with Crippen LogP contribution in [0.5, 0.6) is 0 Å². The molecule has 1 aromatic carbocycles. The van der Waals surface area contributed by atoms with Gasteiger partial charge in [0.05, 0.1) is 17.3 Å². The van der Waals surface area contributed by atoms with Crippen LogP contribution in [0.15, 0.2) is 30.3 Å². The highest BCUT2D eigenvalue weighted by Crippen LogP contribution is 2.22. The number of rotatable bonds is 4. The molecule has 0 saturated carbocycles. The number of benzene rings is 1. The number of piperidine rings is 1. The maximum atomic E-state index is 6.15. The summed E-state index contributed by atoms with van der Waals surface area (Å²) in [5.41, 5.74) is 8.99. The number of nitrogen functional groups attached to an aromatic ring is 1. The number of nitrogens with two attached hydrogens (primary N) is 1. The van der Waals surface area contributed by atoms with Gasteiger partial charge in [0.25, 0.3) is 0 Å². The van der Waals surface area contributed by atoms with Crippen LogP contribution in [0.25, 0.3) is 10.9 Å². The van der Waals surface area contributed by atoms with Crippen molar-refractivity contribution in [3.8, 4) is 0 Å². The summed E-state index contributed by atoms with van der Waals surface area (Å²) in [4.78, 5) is 7.16. The molecule has 0 amide bonds. The molecule has 1 aromatic heterocycles. The van der Waals surface area contributed by atoms with Gasteiger partial charge in [-0.2, -0.15) is 0 Å². The van der Waals surface area contributed by atoms with Crippen molar-refractivity contribution >= 4 is 16.6 Å². The van der Waals surface area contributed by atoms with Crippen molar-refractivity contribution in [3.05, 3.63) is 36.0 Å². The Morgan fingerprint density at radius 3 is 3.10 bits per heavy atom. The van der Waals surface area contributed by atoms with Gasteiger partial charge >= 0.3 is 0 Å². The number of para-hydroxylation sites is 1. The molecule has 0 bridgehead atoms. The number of pyridine rings is 1. The molecular formula is C17H23N3O. The first-order valence-corrected chi connectivity index (χ1v) is 7.74. The average Bonchev–Trinajstić information content (AvgIpc) is 2.48. The van der Waals surface area contributed by atoms with Gasteiger partial charge in [0.1, 0.15) is 0 Å². The molecule has 0 aliphatic carbocycles. The van der Waals surface area contributed by atoms with E-state index in [1.54, 1.807) is 0 Å². The highest BCUT2D eigenvalue weighted by atomic mass is 16.5. The van der Waals surface area contributed by atoms with Crippen LogP contribution in [0.1, 0.15) is 25.5 Å². The van der Waals surface area contributed by atoms with Gasteiger partial charge in [-0.1, -0.05) is 18.2 Å². The van der Waals surface area contributed by atoms with E-state index in [4.69, 9.17) is 15.5 Å². The average molecular weight is 285 g/mol. The van der Waals surface area contributed by atoms with E-state index in [9.17, 15) is 0 Å². The van der Waals surface area contributed by atoms with Gasteiger partial charge in [-0.25, -0.2) is 0 Å². The molecule has 3 rings (SSSR count). The largest absolute Gasteiger partial charge is 0.398 e. The normalized spacial score (nSPS) is 20.0. The van der Waals surface area contributed by atoms with Gasteiger partial charge in [0.2, 0.25) is 0 Å². The lowest BCUT2D eigenvalue weighted by Gasteiger charge is -2.32. The van der Waals surface area contributed by atoms with Gasteiger partial charge in [-0.15, -0.1) is 0 Å². The van der Waals surface area contributed by atoms with E-state index < -0.39 is 0 Å². The van der Waals surface area contributed by atoms with Crippen molar-refractivity contribution in [3.63, 3.8) is 0 Å². The molecule has 112 valence electrons. The van der Waals surface area contributed by atoms with E-state index in [-0.39, 0.29) is 0 Å². The Morgan fingerprint density at radius 2 is 2.24 bits per heavy atom. The van der Waals surface area contributed by atoms with Crippen molar-refractivity contribution < 1.29 is 4.74 Å². The Labute approximate surface area is 125 Å². The van der Waals surface area contributed by atoms with E-state index in [1.165, 1.54) is 6.42 Å². The fraction of sp³-hybridized carbons (Fsp3) is 0.471. The number of aromatic nitrogens is 1. The number of likely N-dealkylation sites (tertiary alicyclic amines) is 1. The van der Waals surface area contributed by atoms with E-state index in [0.29, 0.717) is 6.10 Å². The molecule has 4 heteroatoms. The monoisotopic (exact) mass is 285 g/mol. The Bertz CT molecular complexity index is 612. The fourth-order valence-corrected chi connectivity index (χ4v) is 3.10. The molecule has 21 heavy (non-hydrogen) atoms. The SMILES string of the molecule is CCOC1CCCN(Cc2cc(N)c3ccccc3n2)C1. The third-order valence-corrected chi connectivity index (χ3v) is 4.05. The minimum atomic E-state index is 0.363. The zero-order chi connectivity index (χ0) is 14.7. The zero-order valence-corrected chi connectivity index (χ0v) is 12.6. The van der Waals surface area contributed by atoms with E-state index in [1.807, 2.05) is 30.3 Å². The van der Waals surface area contributed by atoms with E-state index in [2.05, 4.69) is 11.8 Å². The topological polar surface area (TPSA) is 51.4 Å². The van der Waals surface area contributed by atoms with Crippen LogP contribution >= 0.6 is 0 Å². The van der Waals surface area contributed by atoms with Crippen molar-refractivity contribution in [2.75, 3.05) is 25.4 Å². The predicted octanol–water partition coefficient (Wildman–Crippen LogP) is 2.82. The molecule has 2 N–H and O–H groups in total. The van der Waals surface area contributed by atoms with Gasteiger partial charge < -0.3 is 10.5 Å².